The fourth-order valence-electron chi connectivity index (χ4n) is 2.58. The molecule has 0 radical (unpaired) electrons. The van der Waals surface area contributed by atoms with Crippen molar-refractivity contribution in [2.75, 3.05) is 11.9 Å². The Labute approximate surface area is 145 Å². The first-order valence-corrected chi connectivity index (χ1v) is 7.51. The van der Waals surface area contributed by atoms with E-state index in [-0.39, 0.29) is 18.0 Å². The molecule has 2 rings (SSSR count). The van der Waals surface area contributed by atoms with Crippen molar-refractivity contribution >= 4 is 23.3 Å². The molecule has 7 heteroatoms. The first-order chi connectivity index (χ1) is 11.9. The molecule has 0 aliphatic heterocycles. The standard InChI is InChI=1S/C18H18N4O3/c1-5-8-20-18(25)16(23)14-11(2)15(22(4)12(14)3)17(24)21-13-6-9-19-10-7-13/h1,6-7,9-10H,8H2,2-4H3,(H,20,25)(H,19,21,24). The average molecular weight is 338 g/mol. The van der Waals surface area contributed by atoms with E-state index in [0.717, 1.165) is 0 Å². The van der Waals surface area contributed by atoms with Crippen LogP contribution in [0.2, 0.25) is 0 Å². The van der Waals surface area contributed by atoms with Crippen molar-refractivity contribution in [2.24, 2.45) is 7.05 Å². The second-order valence-electron chi connectivity index (χ2n) is 5.40. The predicted molar refractivity (Wildman–Crippen MR) is 93.3 cm³/mol. The van der Waals surface area contributed by atoms with Crippen molar-refractivity contribution in [1.29, 1.82) is 0 Å². The molecule has 7 nitrogen and oxygen atoms in total. The first-order valence-electron chi connectivity index (χ1n) is 7.51. The molecule has 0 aromatic carbocycles. The lowest BCUT2D eigenvalue weighted by Gasteiger charge is -2.07. The molecule has 2 aromatic rings. The summed E-state index contributed by atoms with van der Waals surface area (Å²) in [5.41, 5.74) is 2.06. The van der Waals surface area contributed by atoms with E-state index in [2.05, 4.69) is 21.5 Å². The molecule has 0 fully saturated rings. The van der Waals surface area contributed by atoms with Crippen LogP contribution in [0.1, 0.15) is 32.1 Å². The van der Waals surface area contributed by atoms with E-state index in [1.165, 1.54) is 0 Å². The van der Waals surface area contributed by atoms with E-state index in [9.17, 15) is 14.4 Å². The molecule has 0 aliphatic rings. The highest BCUT2D eigenvalue weighted by atomic mass is 16.2. The van der Waals surface area contributed by atoms with Gasteiger partial charge in [-0.1, -0.05) is 5.92 Å². The van der Waals surface area contributed by atoms with Crippen molar-refractivity contribution in [3.63, 3.8) is 0 Å². The Morgan fingerprint density at radius 2 is 1.88 bits per heavy atom. The van der Waals surface area contributed by atoms with Gasteiger partial charge in [-0.2, -0.15) is 0 Å². The third kappa shape index (κ3) is 3.58. The number of rotatable bonds is 5. The molecule has 2 aromatic heterocycles. The van der Waals surface area contributed by atoms with Gasteiger partial charge in [0.25, 0.3) is 17.6 Å². The first kappa shape index (κ1) is 17.9. The summed E-state index contributed by atoms with van der Waals surface area (Å²) in [7, 11) is 1.67. The lowest BCUT2D eigenvalue weighted by atomic mass is 10.0. The molecule has 2 N–H and O–H groups in total. The van der Waals surface area contributed by atoms with Crippen LogP contribution in [0, 0.1) is 26.2 Å². The van der Waals surface area contributed by atoms with Crippen molar-refractivity contribution in [3.05, 3.63) is 47.0 Å². The van der Waals surface area contributed by atoms with E-state index in [0.29, 0.717) is 22.6 Å². The molecule has 0 saturated carbocycles. The number of carbonyl (C=O) groups is 3. The Bertz CT molecular complexity index is 876. The van der Waals surface area contributed by atoms with Gasteiger partial charge < -0.3 is 15.2 Å². The van der Waals surface area contributed by atoms with E-state index >= 15 is 0 Å². The highest BCUT2D eigenvalue weighted by Gasteiger charge is 2.28. The number of hydrogen-bond acceptors (Lipinski definition) is 4. The third-order valence-electron chi connectivity index (χ3n) is 3.87. The molecular weight excluding hydrogens is 320 g/mol. The maximum atomic E-state index is 12.6. The number of amides is 2. The number of carbonyl (C=O) groups excluding carboxylic acids is 3. The van der Waals surface area contributed by atoms with Gasteiger partial charge in [0.15, 0.2) is 0 Å². The average Bonchev–Trinajstić information content (AvgIpc) is 2.82. The van der Waals surface area contributed by atoms with Gasteiger partial charge in [-0.3, -0.25) is 19.4 Å². The second-order valence-corrected chi connectivity index (χ2v) is 5.40. The molecule has 0 unspecified atom stereocenters. The number of terminal acetylenes is 1. The number of nitrogens with zero attached hydrogens (tertiary/aromatic N) is 2. The molecular formula is C18H18N4O3. The lowest BCUT2D eigenvalue weighted by Crippen LogP contribution is -2.31. The second kappa shape index (κ2) is 7.45. The molecule has 0 atom stereocenters. The summed E-state index contributed by atoms with van der Waals surface area (Å²) in [6.07, 6.45) is 8.20. The van der Waals surface area contributed by atoms with Crippen LogP contribution in [0.3, 0.4) is 0 Å². The zero-order valence-corrected chi connectivity index (χ0v) is 14.2. The number of ketones is 1. The maximum absolute atomic E-state index is 12.6. The highest BCUT2D eigenvalue weighted by molar-refractivity contribution is 6.43. The topological polar surface area (TPSA) is 93.1 Å². The van der Waals surface area contributed by atoms with Gasteiger partial charge in [-0.15, -0.1) is 6.42 Å². The van der Waals surface area contributed by atoms with E-state index < -0.39 is 11.7 Å². The summed E-state index contributed by atoms with van der Waals surface area (Å²) in [5.74, 6) is 0.346. The molecule has 128 valence electrons. The monoisotopic (exact) mass is 338 g/mol. The van der Waals surface area contributed by atoms with Crippen LogP contribution in [0.5, 0.6) is 0 Å². The van der Waals surface area contributed by atoms with Gasteiger partial charge in [0, 0.05) is 30.8 Å². The number of nitrogens with one attached hydrogen (secondary N) is 2. The van der Waals surface area contributed by atoms with E-state index in [4.69, 9.17) is 6.42 Å². The molecule has 2 amide bonds. The van der Waals surface area contributed by atoms with Crippen molar-refractivity contribution in [1.82, 2.24) is 14.9 Å². The lowest BCUT2D eigenvalue weighted by molar-refractivity contribution is -0.116. The van der Waals surface area contributed by atoms with Crippen molar-refractivity contribution in [3.8, 4) is 12.3 Å². The minimum Gasteiger partial charge on any atom is -0.343 e. The Hall–Kier alpha value is -3.40. The quantitative estimate of drug-likeness (QED) is 0.487. The molecule has 2 heterocycles. The van der Waals surface area contributed by atoms with Gasteiger partial charge >= 0.3 is 0 Å². The van der Waals surface area contributed by atoms with Gasteiger partial charge in [0.1, 0.15) is 5.69 Å². The van der Waals surface area contributed by atoms with Crippen LogP contribution in [0.15, 0.2) is 24.5 Å². The highest BCUT2D eigenvalue weighted by Crippen LogP contribution is 2.23. The number of aromatic nitrogens is 2. The van der Waals surface area contributed by atoms with Gasteiger partial charge in [-0.05, 0) is 31.5 Å². The third-order valence-corrected chi connectivity index (χ3v) is 3.87. The van der Waals surface area contributed by atoms with Crippen LogP contribution < -0.4 is 10.6 Å². The SMILES string of the molecule is C#CCNC(=O)C(=O)c1c(C)c(C(=O)Nc2ccncc2)n(C)c1C. The van der Waals surface area contributed by atoms with Crippen LogP contribution in [0.25, 0.3) is 0 Å². The minimum absolute atomic E-state index is 0.0368. The zero-order chi connectivity index (χ0) is 18.6. The smallest absolute Gasteiger partial charge is 0.293 e. The fraction of sp³-hybridized carbons (Fsp3) is 0.222. The van der Waals surface area contributed by atoms with Gasteiger partial charge in [0.05, 0.1) is 12.1 Å². The molecule has 0 spiro atoms. The summed E-state index contributed by atoms with van der Waals surface area (Å²) >= 11 is 0. The Balaban J connectivity index is 2.36. The molecule has 0 aliphatic carbocycles. The number of anilines is 1. The molecule has 25 heavy (non-hydrogen) atoms. The van der Waals surface area contributed by atoms with Crippen LogP contribution in [-0.4, -0.2) is 33.7 Å². The summed E-state index contributed by atoms with van der Waals surface area (Å²) < 4.78 is 1.59. The minimum atomic E-state index is -0.796. The Morgan fingerprint density at radius 1 is 1.24 bits per heavy atom. The number of hydrogen-bond donors (Lipinski definition) is 2. The Morgan fingerprint density at radius 3 is 2.48 bits per heavy atom. The van der Waals surface area contributed by atoms with E-state index in [1.54, 1.807) is 50.0 Å². The predicted octanol–water partition coefficient (Wildman–Crippen LogP) is 1.22. The Kier molecular flexibility index (Phi) is 5.35. The fourth-order valence-corrected chi connectivity index (χ4v) is 2.58. The van der Waals surface area contributed by atoms with Crippen LogP contribution in [-0.2, 0) is 11.8 Å². The summed E-state index contributed by atoms with van der Waals surface area (Å²) in [6.45, 7) is 3.28. The van der Waals surface area contributed by atoms with Gasteiger partial charge in [0.2, 0.25) is 0 Å². The van der Waals surface area contributed by atoms with E-state index in [1.807, 2.05) is 0 Å². The number of Topliss-reactive ketones (excluding diaryl/α,β-unsaturated/α-hetero) is 1. The summed E-state index contributed by atoms with van der Waals surface area (Å²) in [6, 6.07) is 3.31. The zero-order valence-electron chi connectivity index (χ0n) is 14.2. The van der Waals surface area contributed by atoms with Gasteiger partial charge in [-0.25, -0.2) is 0 Å². The largest absolute Gasteiger partial charge is 0.343 e. The van der Waals surface area contributed by atoms with Crippen LogP contribution in [0.4, 0.5) is 5.69 Å². The maximum Gasteiger partial charge on any atom is 0.293 e. The van der Waals surface area contributed by atoms with Crippen LogP contribution >= 0.6 is 0 Å². The number of pyridine rings is 1. The van der Waals surface area contributed by atoms with Crippen molar-refractivity contribution < 1.29 is 14.4 Å². The summed E-state index contributed by atoms with van der Waals surface area (Å²) in [4.78, 5) is 40.8. The molecule has 0 bridgehead atoms. The van der Waals surface area contributed by atoms with Crippen molar-refractivity contribution in [2.45, 2.75) is 13.8 Å². The summed E-state index contributed by atoms with van der Waals surface area (Å²) in [5, 5.41) is 5.09. The molecule has 0 saturated heterocycles. The normalized spacial score (nSPS) is 10.0.